The van der Waals surface area contributed by atoms with E-state index in [1.807, 2.05) is 12.1 Å². The molecule has 0 aliphatic carbocycles. The lowest BCUT2D eigenvalue weighted by Crippen LogP contribution is -2.09. The number of para-hydroxylation sites is 2. The van der Waals surface area contributed by atoms with Crippen LogP contribution in [0.15, 0.2) is 328 Å². The van der Waals surface area contributed by atoms with Crippen molar-refractivity contribution in [3.8, 4) is 0 Å². The first-order valence-electron chi connectivity index (χ1n) is 28.7. The molecule has 2 nitrogen and oxygen atoms in total. The van der Waals surface area contributed by atoms with Gasteiger partial charge < -0.3 is 9.80 Å². The Balaban J connectivity index is 0.884. The molecule has 0 saturated carbocycles. The molecule has 398 valence electrons. The second-order valence-corrected chi connectivity index (χ2v) is 20.9. The van der Waals surface area contributed by atoms with Crippen LogP contribution in [0.1, 0.15) is 55.6 Å². The predicted octanol–water partition coefficient (Wildman–Crippen LogP) is 22.5. The lowest BCUT2D eigenvalue weighted by atomic mass is 9.86. The maximum absolute atomic E-state index is 2.42. The number of hydrogen-bond acceptors (Lipinski definition) is 2. The molecule has 0 heterocycles. The standard InChI is InChI=1S/C82H60N2/c1-7-23-61(24-8-1)39-41-63-43-51-71(52-44-63)83(69-31-15-5-16-32-69)73-55-47-67(48-56-73)79(65-27-11-3-12-28-65)59-81-75-35-19-21-37-77(75)82(78-38-22-20-36-76(78)81)60-80(66-29-13-4-14-30-66)68-49-57-74(58-50-68)84(70-33-17-6-18-34-70)72-53-45-64(46-54-72)42-40-62-25-9-2-10-26-62/h1-60H/b41-39+,42-40+,79-59-,80-60+. The second-order valence-electron chi connectivity index (χ2n) is 20.9. The van der Waals surface area contributed by atoms with Crippen molar-refractivity contribution in [3.63, 3.8) is 0 Å². The minimum Gasteiger partial charge on any atom is -0.311 e. The summed E-state index contributed by atoms with van der Waals surface area (Å²) in [6, 6.07) is 117. The molecule has 0 aliphatic heterocycles. The summed E-state index contributed by atoms with van der Waals surface area (Å²) in [5, 5.41) is 4.75. The quantitative estimate of drug-likeness (QED) is 0.0703. The molecule has 13 aromatic carbocycles. The Morgan fingerprint density at radius 3 is 0.702 bits per heavy atom. The molecule has 0 unspecified atom stereocenters. The molecule has 13 aromatic rings. The zero-order valence-electron chi connectivity index (χ0n) is 46.5. The SMILES string of the molecule is C(=C(\c1ccccc1)c1ccc(N(c2ccccc2)c2ccc(/C=C/c3ccccc3)cc2)cc1)/c1c2ccccc2c(/C=C(\c2ccccc2)c2ccc(N(c3ccccc3)c3ccc(/C=C/c4ccccc4)cc3)cc2)c2ccccc12. The van der Waals surface area contributed by atoms with Gasteiger partial charge in [0, 0.05) is 34.1 Å². The number of anilines is 6. The summed E-state index contributed by atoms with van der Waals surface area (Å²) < 4.78 is 0. The topological polar surface area (TPSA) is 6.48 Å². The van der Waals surface area contributed by atoms with Gasteiger partial charge in [-0.25, -0.2) is 0 Å². The van der Waals surface area contributed by atoms with E-state index in [0.717, 1.165) is 78.7 Å². The van der Waals surface area contributed by atoms with Gasteiger partial charge >= 0.3 is 0 Å². The van der Waals surface area contributed by atoms with Crippen LogP contribution in [0.5, 0.6) is 0 Å². The van der Waals surface area contributed by atoms with Crippen LogP contribution in [0.3, 0.4) is 0 Å². The minimum atomic E-state index is 1.08. The Morgan fingerprint density at radius 2 is 0.405 bits per heavy atom. The summed E-state index contributed by atoms with van der Waals surface area (Å²) in [5.74, 6) is 0. The van der Waals surface area contributed by atoms with E-state index in [1.165, 1.54) is 43.8 Å². The van der Waals surface area contributed by atoms with Gasteiger partial charge in [-0.2, -0.15) is 0 Å². The van der Waals surface area contributed by atoms with E-state index in [1.54, 1.807) is 0 Å². The zero-order chi connectivity index (χ0) is 56.3. The normalized spacial score (nSPS) is 11.9. The fraction of sp³-hybridized carbons (Fsp3) is 0. The highest BCUT2D eigenvalue weighted by atomic mass is 15.1. The van der Waals surface area contributed by atoms with E-state index in [9.17, 15) is 0 Å². The van der Waals surface area contributed by atoms with E-state index in [0.29, 0.717) is 0 Å². The number of benzene rings is 13. The summed E-state index contributed by atoms with van der Waals surface area (Å²) >= 11 is 0. The molecule has 0 atom stereocenters. The highest BCUT2D eigenvalue weighted by Gasteiger charge is 2.19. The molecule has 13 rings (SSSR count). The van der Waals surface area contributed by atoms with Crippen molar-refractivity contribution in [2.75, 3.05) is 9.80 Å². The lowest BCUT2D eigenvalue weighted by Gasteiger charge is -2.26. The highest BCUT2D eigenvalue weighted by Crippen LogP contribution is 2.42. The van der Waals surface area contributed by atoms with Crippen LogP contribution in [0, 0.1) is 0 Å². The zero-order valence-corrected chi connectivity index (χ0v) is 46.5. The lowest BCUT2D eigenvalue weighted by molar-refractivity contribution is 1.28. The molecule has 0 N–H and O–H groups in total. The Kier molecular flexibility index (Phi) is 15.4. The van der Waals surface area contributed by atoms with Crippen LogP contribution in [-0.4, -0.2) is 0 Å². The Morgan fingerprint density at radius 1 is 0.190 bits per heavy atom. The van der Waals surface area contributed by atoms with E-state index in [4.69, 9.17) is 0 Å². The van der Waals surface area contributed by atoms with Crippen molar-refractivity contribution >= 4 is 103 Å². The van der Waals surface area contributed by atoms with Gasteiger partial charge in [0.1, 0.15) is 0 Å². The molecule has 0 bridgehead atoms. The summed E-state index contributed by atoms with van der Waals surface area (Å²) in [6.45, 7) is 0. The van der Waals surface area contributed by atoms with Gasteiger partial charge in [0.15, 0.2) is 0 Å². The fourth-order valence-electron chi connectivity index (χ4n) is 11.3. The molecule has 84 heavy (non-hydrogen) atoms. The maximum Gasteiger partial charge on any atom is 0.0462 e. The molecule has 0 aliphatic rings. The number of hydrogen-bond donors (Lipinski definition) is 0. The van der Waals surface area contributed by atoms with Crippen molar-refractivity contribution in [1.29, 1.82) is 0 Å². The predicted molar refractivity (Wildman–Crippen MR) is 361 cm³/mol. The van der Waals surface area contributed by atoms with Gasteiger partial charge in [0.05, 0.1) is 0 Å². The third kappa shape index (κ3) is 11.6. The Bertz CT molecular complexity index is 4090. The number of fused-ring (bicyclic) bond motifs is 2. The molecule has 0 spiro atoms. The monoisotopic (exact) mass is 1070 g/mol. The van der Waals surface area contributed by atoms with E-state index >= 15 is 0 Å². The average molecular weight is 1070 g/mol. The summed E-state index contributed by atoms with van der Waals surface area (Å²) in [6.07, 6.45) is 13.5. The summed E-state index contributed by atoms with van der Waals surface area (Å²) in [5.41, 5.74) is 20.4. The molecule has 2 heteroatoms. The van der Waals surface area contributed by atoms with Crippen LogP contribution in [0.25, 0.3) is 69.1 Å². The Labute approximate surface area is 493 Å². The van der Waals surface area contributed by atoms with E-state index in [2.05, 4.69) is 362 Å². The third-order valence-corrected chi connectivity index (χ3v) is 15.5. The smallest absolute Gasteiger partial charge is 0.0462 e. The average Bonchev–Trinajstić information content (AvgIpc) is 3.36. The fourth-order valence-corrected chi connectivity index (χ4v) is 11.3. The number of nitrogens with zero attached hydrogens (tertiary/aromatic N) is 2. The van der Waals surface area contributed by atoms with Crippen molar-refractivity contribution < 1.29 is 0 Å². The molecule has 0 amide bonds. The van der Waals surface area contributed by atoms with Crippen LogP contribution in [0.4, 0.5) is 34.1 Å². The third-order valence-electron chi connectivity index (χ3n) is 15.5. The molecule has 0 fully saturated rings. The first-order valence-corrected chi connectivity index (χ1v) is 28.7. The van der Waals surface area contributed by atoms with Crippen molar-refractivity contribution in [1.82, 2.24) is 0 Å². The molecular weight excluding hydrogens is 1010 g/mol. The van der Waals surface area contributed by atoms with Gasteiger partial charge in [-0.05, 0) is 173 Å². The van der Waals surface area contributed by atoms with Crippen LogP contribution < -0.4 is 9.80 Å². The summed E-state index contributed by atoms with van der Waals surface area (Å²) in [4.78, 5) is 4.66. The van der Waals surface area contributed by atoms with Gasteiger partial charge in [0.25, 0.3) is 0 Å². The van der Waals surface area contributed by atoms with Crippen molar-refractivity contribution in [2.24, 2.45) is 0 Å². The first kappa shape index (κ1) is 52.3. The first-order chi connectivity index (χ1) is 41.7. The minimum absolute atomic E-state index is 1.08. The van der Waals surface area contributed by atoms with Gasteiger partial charge in [-0.1, -0.05) is 279 Å². The molecular formula is C82H60N2. The van der Waals surface area contributed by atoms with Gasteiger partial charge in [0.2, 0.25) is 0 Å². The van der Waals surface area contributed by atoms with Crippen LogP contribution >= 0.6 is 0 Å². The van der Waals surface area contributed by atoms with Gasteiger partial charge in [-0.15, -0.1) is 0 Å². The molecule has 0 saturated heterocycles. The number of rotatable bonds is 16. The van der Waals surface area contributed by atoms with Crippen LogP contribution in [-0.2, 0) is 0 Å². The van der Waals surface area contributed by atoms with Crippen LogP contribution in [0.2, 0.25) is 0 Å². The van der Waals surface area contributed by atoms with E-state index in [-0.39, 0.29) is 0 Å². The second kappa shape index (κ2) is 24.8. The summed E-state index contributed by atoms with van der Waals surface area (Å²) in [7, 11) is 0. The van der Waals surface area contributed by atoms with E-state index < -0.39 is 0 Å². The Hall–Kier alpha value is -11.1. The largest absolute Gasteiger partial charge is 0.311 e. The maximum atomic E-state index is 2.42. The molecule has 0 radical (unpaired) electrons. The van der Waals surface area contributed by atoms with Crippen molar-refractivity contribution in [3.05, 3.63) is 383 Å². The van der Waals surface area contributed by atoms with Gasteiger partial charge in [-0.3, -0.25) is 0 Å². The highest BCUT2D eigenvalue weighted by molar-refractivity contribution is 6.17. The molecule has 0 aromatic heterocycles. The van der Waals surface area contributed by atoms with Crippen molar-refractivity contribution in [2.45, 2.75) is 0 Å².